The molecule has 2 aromatic rings. The van der Waals surface area contributed by atoms with Crippen molar-refractivity contribution in [3.8, 4) is 0 Å². The van der Waals surface area contributed by atoms with E-state index in [1.807, 2.05) is 0 Å². The van der Waals surface area contributed by atoms with Gasteiger partial charge in [-0.05, 0) is 53.7 Å². The molecule has 1 aromatic carbocycles. The van der Waals surface area contributed by atoms with Crippen LogP contribution in [0.3, 0.4) is 0 Å². The topological polar surface area (TPSA) is 91.9 Å². The van der Waals surface area contributed by atoms with Crippen molar-refractivity contribution >= 4 is 31.9 Å². The van der Waals surface area contributed by atoms with Gasteiger partial charge in [-0.15, -0.1) is 0 Å². The molecular weight excluding hydrogens is 370 g/mol. The van der Waals surface area contributed by atoms with E-state index < -0.39 is 15.9 Å². The van der Waals surface area contributed by atoms with Gasteiger partial charge >= 0.3 is 0 Å². The second-order valence-electron chi connectivity index (χ2n) is 5.10. The zero-order valence-electron chi connectivity index (χ0n) is 11.6. The summed E-state index contributed by atoms with van der Waals surface area (Å²) in [5.41, 5.74) is 1.92. The predicted octanol–water partition coefficient (Wildman–Crippen LogP) is 2.17. The number of hydrogen-bond donors (Lipinski definition) is 2. The van der Waals surface area contributed by atoms with Crippen molar-refractivity contribution in [3.05, 3.63) is 45.7 Å². The van der Waals surface area contributed by atoms with Crippen LogP contribution in [0.5, 0.6) is 0 Å². The molecule has 6 nitrogen and oxygen atoms in total. The number of carbonyl (C=O) groups is 1. The number of benzene rings is 1. The van der Waals surface area contributed by atoms with E-state index in [0.29, 0.717) is 4.47 Å². The van der Waals surface area contributed by atoms with Gasteiger partial charge in [-0.1, -0.05) is 12.1 Å². The fourth-order valence-corrected chi connectivity index (χ4v) is 4.51. The Kier molecular flexibility index (Phi) is 4.05. The van der Waals surface area contributed by atoms with Crippen molar-refractivity contribution < 1.29 is 13.2 Å². The highest BCUT2D eigenvalue weighted by atomic mass is 79.9. The summed E-state index contributed by atoms with van der Waals surface area (Å²) in [6.45, 7) is 0. The number of rotatable bonds is 3. The number of H-pyrrole nitrogens is 1. The minimum Gasteiger partial charge on any atom is -0.281 e. The number of halogens is 1. The Bertz CT molecular complexity index is 830. The Morgan fingerprint density at radius 2 is 1.95 bits per heavy atom. The Labute approximate surface area is 136 Å². The van der Waals surface area contributed by atoms with Crippen LogP contribution in [-0.4, -0.2) is 24.5 Å². The lowest BCUT2D eigenvalue weighted by molar-refractivity contribution is 0.0975. The summed E-state index contributed by atoms with van der Waals surface area (Å²) in [6.07, 6.45) is 3.60. The first kappa shape index (κ1) is 15.2. The van der Waals surface area contributed by atoms with E-state index in [1.165, 1.54) is 6.07 Å². The first-order valence-corrected chi connectivity index (χ1v) is 9.14. The highest BCUT2D eigenvalue weighted by Gasteiger charge is 2.26. The number of carbonyl (C=O) groups excluding carboxylic acids is 1. The van der Waals surface area contributed by atoms with E-state index in [1.54, 1.807) is 18.2 Å². The highest BCUT2D eigenvalue weighted by Crippen LogP contribution is 2.24. The van der Waals surface area contributed by atoms with Crippen LogP contribution < -0.4 is 4.72 Å². The highest BCUT2D eigenvalue weighted by molar-refractivity contribution is 9.10. The third-order valence-corrected chi connectivity index (χ3v) is 5.97. The molecule has 0 bridgehead atoms. The molecule has 0 saturated heterocycles. The summed E-state index contributed by atoms with van der Waals surface area (Å²) in [5.74, 6) is -0.699. The van der Waals surface area contributed by atoms with Crippen LogP contribution in [0.1, 0.15) is 34.6 Å². The number of nitrogens with zero attached hydrogens (tertiary/aromatic N) is 1. The lowest BCUT2D eigenvalue weighted by atomic mass is 9.96. The van der Waals surface area contributed by atoms with Crippen LogP contribution in [0.25, 0.3) is 0 Å². The maximum Gasteiger partial charge on any atom is 0.285 e. The largest absolute Gasteiger partial charge is 0.285 e. The molecule has 2 N–H and O–H groups in total. The lowest BCUT2D eigenvalue weighted by Crippen LogP contribution is -2.31. The smallest absolute Gasteiger partial charge is 0.281 e. The van der Waals surface area contributed by atoms with Crippen LogP contribution in [0.2, 0.25) is 0 Å². The number of fused-ring (bicyclic) bond motifs is 1. The summed E-state index contributed by atoms with van der Waals surface area (Å²) in [7, 11) is -3.94. The third kappa shape index (κ3) is 2.80. The van der Waals surface area contributed by atoms with Crippen LogP contribution in [0.4, 0.5) is 0 Å². The van der Waals surface area contributed by atoms with Crippen molar-refractivity contribution in [3.63, 3.8) is 0 Å². The first-order chi connectivity index (χ1) is 10.5. The molecule has 3 rings (SSSR count). The number of aromatic amines is 1. The fraction of sp³-hybridized carbons (Fsp3) is 0.286. The molecule has 0 spiro atoms. The van der Waals surface area contributed by atoms with Gasteiger partial charge in [-0.2, -0.15) is 5.10 Å². The Hall–Kier alpha value is -1.67. The number of aryl methyl sites for hydroxylation is 1. The molecule has 1 amide bonds. The lowest BCUT2D eigenvalue weighted by Gasteiger charge is -2.11. The van der Waals surface area contributed by atoms with Gasteiger partial charge in [0, 0.05) is 15.7 Å². The molecule has 1 aromatic heterocycles. The van der Waals surface area contributed by atoms with Crippen molar-refractivity contribution in [2.75, 3.05) is 0 Å². The summed E-state index contributed by atoms with van der Waals surface area (Å²) in [6, 6.07) is 6.34. The molecule has 116 valence electrons. The van der Waals surface area contributed by atoms with Gasteiger partial charge in [0.2, 0.25) is 0 Å². The zero-order valence-corrected chi connectivity index (χ0v) is 14.0. The molecule has 0 radical (unpaired) electrons. The molecule has 1 aliphatic rings. The van der Waals surface area contributed by atoms with E-state index in [0.717, 1.165) is 36.9 Å². The van der Waals surface area contributed by atoms with Crippen LogP contribution in [0.15, 0.2) is 33.6 Å². The second-order valence-corrected chi connectivity index (χ2v) is 7.61. The van der Waals surface area contributed by atoms with Crippen LogP contribution >= 0.6 is 15.9 Å². The molecule has 0 unspecified atom stereocenters. The molecule has 8 heteroatoms. The number of nitrogens with one attached hydrogen (secondary N) is 2. The molecule has 0 atom stereocenters. The van der Waals surface area contributed by atoms with Crippen molar-refractivity contribution in [1.82, 2.24) is 14.9 Å². The van der Waals surface area contributed by atoms with Gasteiger partial charge in [0.15, 0.2) is 5.69 Å². The standard InChI is InChI=1S/C14H14BrN3O3S/c15-10-6-2-4-8-12(10)22(20,21)18-14(19)13-9-5-1-3-7-11(9)16-17-13/h2,4,6,8H,1,3,5,7H2,(H,16,17)(H,18,19). The van der Waals surface area contributed by atoms with Crippen LogP contribution in [0, 0.1) is 0 Å². The number of amides is 1. The van der Waals surface area contributed by atoms with E-state index in [4.69, 9.17) is 0 Å². The monoisotopic (exact) mass is 383 g/mol. The molecular formula is C14H14BrN3O3S. The van der Waals surface area contributed by atoms with Crippen molar-refractivity contribution in [2.45, 2.75) is 30.6 Å². The normalized spacial score (nSPS) is 14.4. The number of sulfonamides is 1. The van der Waals surface area contributed by atoms with E-state index in [2.05, 4.69) is 30.8 Å². The fourth-order valence-electron chi connectivity index (χ4n) is 2.56. The SMILES string of the molecule is O=C(NS(=O)(=O)c1ccccc1Br)c1n[nH]c2c1CCCC2. The molecule has 0 aliphatic heterocycles. The maximum atomic E-state index is 12.3. The summed E-state index contributed by atoms with van der Waals surface area (Å²) in [5, 5.41) is 6.81. The second kappa shape index (κ2) is 5.85. The zero-order chi connectivity index (χ0) is 15.7. The van der Waals surface area contributed by atoms with E-state index >= 15 is 0 Å². The summed E-state index contributed by atoms with van der Waals surface area (Å²) in [4.78, 5) is 12.3. The van der Waals surface area contributed by atoms with Gasteiger partial charge in [0.1, 0.15) is 4.90 Å². The van der Waals surface area contributed by atoms with Gasteiger partial charge < -0.3 is 0 Å². The Morgan fingerprint density at radius 3 is 2.73 bits per heavy atom. The minimum absolute atomic E-state index is 0.0211. The minimum atomic E-state index is -3.94. The predicted molar refractivity (Wildman–Crippen MR) is 84.0 cm³/mol. The molecule has 0 fully saturated rings. The molecule has 22 heavy (non-hydrogen) atoms. The van der Waals surface area contributed by atoms with Crippen molar-refractivity contribution in [2.24, 2.45) is 0 Å². The van der Waals surface area contributed by atoms with E-state index in [-0.39, 0.29) is 10.6 Å². The van der Waals surface area contributed by atoms with Crippen molar-refractivity contribution in [1.29, 1.82) is 0 Å². The summed E-state index contributed by atoms with van der Waals surface area (Å²) < 4.78 is 27.1. The maximum absolute atomic E-state index is 12.3. The van der Waals surface area contributed by atoms with Crippen LogP contribution in [-0.2, 0) is 22.9 Å². The molecule has 1 aliphatic carbocycles. The van der Waals surface area contributed by atoms with Gasteiger partial charge in [0.05, 0.1) is 0 Å². The third-order valence-electron chi connectivity index (χ3n) is 3.62. The molecule has 1 heterocycles. The number of aromatic nitrogens is 2. The summed E-state index contributed by atoms with van der Waals surface area (Å²) >= 11 is 3.18. The van der Waals surface area contributed by atoms with Gasteiger partial charge in [-0.25, -0.2) is 13.1 Å². The number of hydrogen-bond acceptors (Lipinski definition) is 4. The Balaban J connectivity index is 1.88. The first-order valence-electron chi connectivity index (χ1n) is 6.87. The molecule has 0 saturated carbocycles. The van der Waals surface area contributed by atoms with Gasteiger partial charge in [-0.3, -0.25) is 9.89 Å². The Morgan fingerprint density at radius 1 is 1.23 bits per heavy atom. The van der Waals surface area contributed by atoms with Gasteiger partial charge in [0.25, 0.3) is 15.9 Å². The van der Waals surface area contributed by atoms with E-state index in [9.17, 15) is 13.2 Å². The average Bonchev–Trinajstić information content (AvgIpc) is 2.91. The average molecular weight is 384 g/mol. The quantitative estimate of drug-likeness (QED) is 0.849.